The minimum atomic E-state index is -0.582. The molecule has 2 heteroatoms. The molecule has 1 nitrogen and oxygen atoms in total. The first-order valence-electron chi connectivity index (χ1n) is 5.14. The summed E-state index contributed by atoms with van der Waals surface area (Å²) in [6.07, 6.45) is 8.77. The molecule has 0 aliphatic rings. The van der Waals surface area contributed by atoms with Crippen LogP contribution in [0.3, 0.4) is 0 Å². The minimum Gasteiger partial charge on any atom is -0.386 e. The summed E-state index contributed by atoms with van der Waals surface area (Å²) < 4.78 is 0. The van der Waals surface area contributed by atoms with Crippen LogP contribution in [0.4, 0.5) is 0 Å². The molecule has 0 saturated carbocycles. The fourth-order valence-corrected chi connectivity index (χ4v) is 1.33. The highest BCUT2D eigenvalue weighted by molar-refractivity contribution is 6.17. The Morgan fingerprint density at radius 3 is 2.31 bits per heavy atom. The predicted molar refractivity (Wildman–Crippen MR) is 59.2 cm³/mol. The topological polar surface area (TPSA) is 20.2 Å². The van der Waals surface area contributed by atoms with E-state index in [4.69, 9.17) is 11.6 Å². The van der Waals surface area contributed by atoms with Crippen LogP contribution in [0.5, 0.6) is 0 Å². The molecule has 0 amide bonds. The van der Waals surface area contributed by atoms with E-state index in [1.807, 2.05) is 19.9 Å². The maximum absolute atomic E-state index is 9.87. The van der Waals surface area contributed by atoms with Crippen molar-refractivity contribution < 1.29 is 5.11 Å². The molecule has 78 valence electrons. The number of halogens is 1. The van der Waals surface area contributed by atoms with E-state index in [9.17, 15) is 5.11 Å². The second kappa shape index (κ2) is 7.40. The van der Waals surface area contributed by atoms with E-state index in [0.717, 1.165) is 38.0 Å². The minimum absolute atomic E-state index is 0.582. The summed E-state index contributed by atoms with van der Waals surface area (Å²) in [6.45, 7) is 4.01. The zero-order chi connectivity index (χ0) is 10.2. The number of aliphatic hydroxyl groups is 1. The summed E-state index contributed by atoms with van der Waals surface area (Å²) in [5.74, 6) is 0.736. The highest BCUT2D eigenvalue weighted by atomic mass is 35.5. The average molecular weight is 205 g/mol. The van der Waals surface area contributed by atoms with Gasteiger partial charge in [0, 0.05) is 5.88 Å². The lowest BCUT2D eigenvalue weighted by Crippen LogP contribution is -2.22. The molecule has 13 heavy (non-hydrogen) atoms. The maximum atomic E-state index is 9.87. The molecule has 1 N–H and O–H groups in total. The third-order valence-electron chi connectivity index (χ3n) is 2.41. The predicted octanol–water partition coefficient (Wildman–Crippen LogP) is 3.50. The monoisotopic (exact) mass is 204 g/mol. The van der Waals surface area contributed by atoms with E-state index in [-0.39, 0.29) is 0 Å². The second-order valence-corrected chi connectivity index (χ2v) is 3.78. The number of rotatable bonds is 7. The highest BCUT2D eigenvalue weighted by Gasteiger charge is 2.16. The second-order valence-electron chi connectivity index (χ2n) is 3.40. The van der Waals surface area contributed by atoms with Crippen molar-refractivity contribution in [3.8, 4) is 0 Å². The molecular formula is C11H21ClO. The first-order chi connectivity index (χ1) is 6.18. The number of alkyl halides is 1. The molecular weight excluding hydrogens is 184 g/mol. The van der Waals surface area contributed by atoms with Crippen LogP contribution in [-0.2, 0) is 0 Å². The normalized spacial score (nSPS) is 12.6. The van der Waals surface area contributed by atoms with Gasteiger partial charge in [0.15, 0.2) is 0 Å². The average Bonchev–Trinajstić information content (AvgIpc) is 2.17. The smallest absolute Gasteiger partial charge is 0.0822 e. The van der Waals surface area contributed by atoms with E-state index in [0.29, 0.717) is 0 Å². The third kappa shape index (κ3) is 6.11. The fraction of sp³-hybridized carbons (Fsp3) is 0.818. The Hall–Kier alpha value is -0.0100. The van der Waals surface area contributed by atoms with Gasteiger partial charge in [-0.15, -0.1) is 11.6 Å². The van der Waals surface area contributed by atoms with E-state index in [1.165, 1.54) is 0 Å². The van der Waals surface area contributed by atoms with Gasteiger partial charge in [-0.25, -0.2) is 0 Å². The summed E-state index contributed by atoms with van der Waals surface area (Å²) in [4.78, 5) is 0. The lowest BCUT2D eigenvalue weighted by atomic mass is 9.96. The Morgan fingerprint density at radius 2 is 1.85 bits per heavy atom. The van der Waals surface area contributed by atoms with Crippen LogP contribution in [0.1, 0.15) is 46.0 Å². The van der Waals surface area contributed by atoms with Gasteiger partial charge in [0.25, 0.3) is 0 Å². The summed E-state index contributed by atoms with van der Waals surface area (Å²) in [7, 11) is 0. The molecule has 0 spiro atoms. The molecule has 0 bridgehead atoms. The van der Waals surface area contributed by atoms with Gasteiger partial charge < -0.3 is 5.11 Å². The van der Waals surface area contributed by atoms with Crippen molar-refractivity contribution in [2.24, 2.45) is 0 Å². The Morgan fingerprint density at radius 1 is 1.23 bits per heavy atom. The van der Waals surface area contributed by atoms with Crippen molar-refractivity contribution in [3.63, 3.8) is 0 Å². The first kappa shape index (κ1) is 13.0. The third-order valence-corrected chi connectivity index (χ3v) is 2.67. The van der Waals surface area contributed by atoms with Crippen LogP contribution < -0.4 is 0 Å². The van der Waals surface area contributed by atoms with E-state index in [1.54, 1.807) is 0 Å². The Bertz CT molecular complexity index is 139. The van der Waals surface area contributed by atoms with E-state index in [2.05, 4.69) is 6.08 Å². The van der Waals surface area contributed by atoms with Crippen molar-refractivity contribution in [2.75, 3.05) is 5.88 Å². The van der Waals surface area contributed by atoms with Crippen LogP contribution in [0.25, 0.3) is 0 Å². The number of unbranched alkanes of at least 4 members (excludes halogenated alkanes) is 2. The molecule has 0 rings (SSSR count). The quantitative estimate of drug-likeness (QED) is 0.382. The maximum Gasteiger partial charge on any atom is 0.0822 e. The number of allylic oxidation sites excluding steroid dienone is 1. The van der Waals surface area contributed by atoms with Crippen LogP contribution >= 0.6 is 11.6 Å². The standard InChI is InChI=1S/C11H21ClO/c1-3-11(13,4-2)9-7-5-6-8-10-12/h7,9,13H,3-6,8,10H2,1-2H3/b9-7+. The molecule has 0 saturated heterocycles. The van der Waals surface area contributed by atoms with Gasteiger partial charge in [-0.1, -0.05) is 26.0 Å². The SMILES string of the molecule is CCC(O)(/C=C/CCCCCl)CC. The highest BCUT2D eigenvalue weighted by Crippen LogP contribution is 2.16. The zero-order valence-corrected chi connectivity index (χ0v) is 9.48. The summed E-state index contributed by atoms with van der Waals surface area (Å²) in [5.41, 5.74) is -0.582. The fourth-order valence-electron chi connectivity index (χ4n) is 1.15. The molecule has 0 aromatic carbocycles. The van der Waals surface area contributed by atoms with Crippen LogP contribution in [0.15, 0.2) is 12.2 Å². The van der Waals surface area contributed by atoms with Gasteiger partial charge in [0.05, 0.1) is 5.60 Å². The molecule has 0 radical (unpaired) electrons. The van der Waals surface area contributed by atoms with E-state index >= 15 is 0 Å². The Kier molecular flexibility index (Phi) is 7.39. The molecule has 0 aromatic rings. The molecule has 0 aliphatic carbocycles. The van der Waals surface area contributed by atoms with Crippen molar-refractivity contribution >= 4 is 11.6 Å². The zero-order valence-electron chi connectivity index (χ0n) is 8.72. The van der Waals surface area contributed by atoms with Crippen LogP contribution in [-0.4, -0.2) is 16.6 Å². The molecule has 0 atom stereocenters. The number of hydrogen-bond donors (Lipinski definition) is 1. The van der Waals surface area contributed by atoms with Crippen molar-refractivity contribution in [3.05, 3.63) is 12.2 Å². The van der Waals surface area contributed by atoms with E-state index < -0.39 is 5.60 Å². The van der Waals surface area contributed by atoms with Crippen LogP contribution in [0.2, 0.25) is 0 Å². The van der Waals surface area contributed by atoms with Crippen molar-refractivity contribution in [1.29, 1.82) is 0 Å². The van der Waals surface area contributed by atoms with Gasteiger partial charge in [0.1, 0.15) is 0 Å². The summed E-state index contributed by atoms with van der Waals surface area (Å²) >= 11 is 5.55. The summed E-state index contributed by atoms with van der Waals surface area (Å²) in [5, 5.41) is 9.87. The van der Waals surface area contributed by atoms with Gasteiger partial charge in [-0.05, 0) is 32.1 Å². The lowest BCUT2D eigenvalue weighted by Gasteiger charge is -2.20. The molecule has 0 heterocycles. The molecule has 0 unspecified atom stereocenters. The van der Waals surface area contributed by atoms with Crippen molar-refractivity contribution in [1.82, 2.24) is 0 Å². The Balaban J connectivity index is 3.67. The largest absolute Gasteiger partial charge is 0.386 e. The first-order valence-corrected chi connectivity index (χ1v) is 5.68. The molecule has 0 aromatic heterocycles. The van der Waals surface area contributed by atoms with Gasteiger partial charge in [0.2, 0.25) is 0 Å². The molecule has 0 aliphatic heterocycles. The lowest BCUT2D eigenvalue weighted by molar-refractivity contribution is 0.0825. The van der Waals surface area contributed by atoms with Gasteiger partial charge >= 0.3 is 0 Å². The number of hydrogen-bond acceptors (Lipinski definition) is 1. The van der Waals surface area contributed by atoms with Gasteiger partial charge in [-0.2, -0.15) is 0 Å². The van der Waals surface area contributed by atoms with Crippen molar-refractivity contribution in [2.45, 2.75) is 51.6 Å². The summed E-state index contributed by atoms with van der Waals surface area (Å²) in [6, 6.07) is 0. The van der Waals surface area contributed by atoms with Crippen LogP contribution in [0, 0.1) is 0 Å². The Labute approximate surface area is 86.8 Å². The molecule has 0 fully saturated rings. The van der Waals surface area contributed by atoms with Gasteiger partial charge in [-0.3, -0.25) is 0 Å².